The van der Waals surface area contributed by atoms with Crippen LogP contribution in [0.5, 0.6) is 5.75 Å². The summed E-state index contributed by atoms with van der Waals surface area (Å²) in [5, 5.41) is 14.3. The van der Waals surface area contributed by atoms with Gasteiger partial charge < -0.3 is 10.1 Å². The summed E-state index contributed by atoms with van der Waals surface area (Å²) >= 11 is 0. The number of ether oxygens (including phenoxy) is 1. The van der Waals surface area contributed by atoms with Gasteiger partial charge in [0, 0.05) is 29.8 Å². The van der Waals surface area contributed by atoms with E-state index in [9.17, 15) is 10.1 Å². The van der Waals surface area contributed by atoms with E-state index in [1.807, 2.05) is 31.2 Å². The molecule has 2 aromatic carbocycles. The van der Waals surface area contributed by atoms with Gasteiger partial charge in [-0.2, -0.15) is 0 Å². The maximum atomic E-state index is 10.9. The second-order valence-electron chi connectivity index (χ2n) is 5.13. The van der Waals surface area contributed by atoms with Gasteiger partial charge in [0.15, 0.2) is 0 Å². The summed E-state index contributed by atoms with van der Waals surface area (Å²) in [6.45, 7) is 2.58. The highest BCUT2D eigenvalue weighted by molar-refractivity contribution is 5.58. The number of nitrogens with zero attached hydrogens (tertiary/aromatic N) is 1. The van der Waals surface area contributed by atoms with Crippen LogP contribution >= 0.6 is 0 Å². The van der Waals surface area contributed by atoms with Crippen molar-refractivity contribution in [1.29, 1.82) is 0 Å². The van der Waals surface area contributed by atoms with Crippen LogP contribution in [0.3, 0.4) is 0 Å². The Balaban J connectivity index is 1.91. The molecule has 0 bridgehead atoms. The Kier molecular flexibility index (Phi) is 3.48. The second kappa shape index (κ2) is 5.44. The topological polar surface area (TPSA) is 64.4 Å². The number of nitro groups is 1. The summed E-state index contributed by atoms with van der Waals surface area (Å²) < 4.78 is 5.64. The van der Waals surface area contributed by atoms with Gasteiger partial charge in [-0.3, -0.25) is 10.1 Å². The predicted octanol–water partition coefficient (Wildman–Crippen LogP) is 3.84. The predicted molar refractivity (Wildman–Crippen MR) is 80.8 cm³/mol. The van der Waals surface area contributed by atoms with Crippen LogP contribution in [0.4, 0.5) is 11.4 Å². The SMILES string of the molecule is Cc1ccc([N+](=O)[O-])cc1NC1CCOc2ccccc21. The van der Waals surface area contributed by atoms with Gasteiger partial charge in [-0.15, -0.1) is 0 Å². The monoisotopic (exact) mass is 284 g/mol. The molecule has 0 aliphatic carbocycles. The largest absolute Gasteiger partial charge is 0.493 e. The van der Waals surface area contributed by atoms with Crippen molar-refractivity contribution in [2.45, 2.75) is 19.4 Å². The number of hydrogen-bond donors (Lipinski definition) is 1. The lowest BCUT2D eigenvalue weighted by molar-refractivity contribution is -0.384. The molecule has 108 valence electrons. The number of nitrogens with one attached hydrogen (secondary N) is 1. The Morgan fingerprint density at radius 2 is 2.10 bits per heavy atom. The van der Waals surface area contributed by atoms with E-state index >= 15 is 0 Å². The summed E-state index contributed by atoms with van der Waals surface area (Å²) in [5.74, 6) is 0.879. The molecule has 1 aliphatic heterocycles. The molecule has 0 radical (unpaired) electrons. The average molecular weight is 284 g/mol. The first-order valence-electron chi connectivity index (χ1n) is 6.88. The van der Waals surface area contributed by atoms with E-state index in [-0.39, 0.29) is 16.7 Å². The minimum absolute atomic E-state index is 0.100. The van der Waals surface area contributed by atoms with Gasteiger partial charge >= 0.3 is 0 Å². The van der Waals surface area contributed by atoms with E-state index in [1.165, 1.54) is 6.07 Å². The maximum absolute atomic E-state index is 10.9. The van der Waals surface area contributed by atoms with E-state index in [4.69, 9.17) is 4.74 Å². The van der Waals surface area contributed by atoms with Crippen molar-refractivity contribution in [2.75, 3.05) is 11.9 Å². The highest BCUT2D eigenvalue weighted by atomic mass is 16.6. The zero-order valence-corrected chi connectivity index (χ0v) is 11.7. The molecule has 1 N–H and O–H groups in total. The van der Waals surface area contributed by atoms with Crippen molar-refractivity contribution in [3.05, 3.63) is 63.7 Å². The molecular formula is C16H16N2O3. The van der Waals surface area contributed by atoms with Crippen LogP contribution in [0, 0.1) is 17.0 Å². The van der Waals surface area contributed by atoms with Gasteiger partial charge in [0.2, 0.25) is 0 Å². The summed E-state index contributed by atoms with van der Waals surface area (Å²) in [7, 11) is 0. The Morgan fingerprint density at radius 3 is 2.90 bits per heavy atom. The van der Waals surface area contributed by atoms with Crippen LogP contribution in [0.15, 0.2) is 42.5 Å². The summed E-state index contributed by atoms with van der Waals surface area (Å²) in [6.07, 6.45) is 0.832. The van der Waals surface area contributed by atoms with Crippen LogP contribution in [-0.4, -0.2) is 11.5 Å². The zero-order valence-electron chi connectivity index (χ0n) is 11.7. The number of aryl methyl sites for hydroxylation is 1. The summed E-state index contributed by atoms with van der Waals surface area (Å²) in [4.78, 5) is 10.5. The van der Waals surface area contributed by atoms with Crippen LogP contribution in [0.2, 0.25) is 0 Å². The van der Waals surface area contributed by atoms with Crippen LogP contribution in [-0.2, 0) is 0 Å². The highest BCUT2D eigenvalue weighted by Crippen LogP contribution is 2.35. The molecule has 0 spiro atoms. The van der Waals surface area contributed by atoms with E-state index in [1.54, 1.807) is 12.1 Å². The minimum Gasteiger partial charge on any atom is -0.493 e. The lowest BCUT2D eigenvalue weighted by Gasteiger charge is -2.28. The summed E-state index contributed by atoms with van der Waals surface area (Å²) in [6, 6.07) is 12.9. The molecule has 2 aromatic rings. The van der Waals surface area contributed by atoms with Crippen molar-refractivity contribution in [1.82, 2.24) is 0 Å². The number of hydrogen-bond acceptors (Lipinski definition) is 4. The van der Waals surface area contributed by atoms with Crippen molar-refractivity contribution in [2.24, 2.45) is 0 Å². The number of anilines is 1. The third-order valence-corrected chi connectivity index (χ3v) is 3.72. The molecule has 5 nitrogen and oxygen atoms in total. The van der Waals surface area contributed by atoms with E-state index < -0.39 is 0 Å². The fourth-order valence-electron chi connectivity index (χ4n) is 2.56. The van der Waals surface area contributed by atoms with Crippen LogP contribution in [0.1, 0.15) is 23.6 Å². The first-order valence-corrected chi connectivity index (χ1v) is 6.88. The lowest BCUT2D eigenvalue weighted by atomic mass is 9.99. The molecular weight excluding hydrogens is 268 g/mol. The Bertz CT molecular complexity index is 685. The van der Waals surface area contributed by atoms with Crippen molar-refractivity contribution in [3.63, 3.8) is 0 Å². The van der Waals surface area contributed by atoms with Gasteiger partial charge in [0.1, 0.15) is 5.75 Å². The smallest absolute Gasteiger partial charge is 0.271 e. The van der Waals surface area contributed by atoms with Crippen LogP contribution in [0.25, 0.3) is 0 Å². The number of non-ortho nitro benzene ring substituents is 1. The number of rotatable bonds is 3. The maximum Gasteiger partial charge on any atom is 0.271 e. The molecule has 1 unspecified atom stereocenters. The van der Waals surface area contributed by atoms with Crippen molar-refractivity contribution < 1.29 is 9.66 Å². The Morgan fingerprint density at radius 1 is 1.29 bits per heavy atom. The fourth-order valence-corrected chi connectivity index (χ4v) is 2.56. The van der Waals surface area contributed by atoms with Gasteiger partial charge in [-0.05, 0) is 18.6 Å². The number of nitro benzene ring substituents is 1. The molecule has 21 heavy (non-hydrogen) atoms. The lowest BCUT2D eigenvalue weighted by Crippen LogP contribution is -2.20. The summed E-state index contributed by atoms with van der Waals surface area (Å²) in [5.41, 5.74) is 2.98. The molecule has 5 heteroatoms. The number of fused-ring (bicyclic) bond motifs is 1. The van der Waals surface area contributed by atoms with Crippen LogP contribution < -0.4 is 10.1 Å². The third kappa shape index (κ3) is 2.67. The first kappa shape index (κ1) is 13.4. The number of para-hydroxylation sites is 1. The minimum atomic E-state index is -0.372. The zero-order chi connectivity index (χ0) is 14.8. The molecule has 0 amide bonds. The molecule has 0 saturated heterocycles. The normalized spacial score (nSPS) is 16.7. The van der Waals surface area contributed by atoms with Gasteiger partial charge in [0.05, 0.1) is 17.6 Å². The van der Waals surface area contributed by atoms with Crippen molar-refractivity contribution >= 4 is 11.4 Å². The van der Waals surface area contributed by atoms with Gasteiger partial charge in [-0.1, -0.05) is 24.3 Å². The molecule has 0 saturated carbocycles. The fraction of sp³-hybridized carbons (Fsp3) is 0.250. The molecule has 1 atom stereocenters. The average Bonchev–Trinajstić information content (AvgIpc) is 2.49. The quantitative estimate of drug-likeness (QED) is 0.687. The second-order valence-corrected chi connectivity index (χ2v) is 5.13. The standard InChI is InChI=1S/C16H16N2O3/c1-11-6-7-12(18(19)20)10-15(11)17-14-8-9-21-16-5-3-2-4-13(14)16/h2-7,10,14,17H,8-9H2,1H3. The molecule has 1 heterocycles. The third-order valence-electron chi connectivity index (χ3n) is 3.72. The molecule has 0 aromatic heterocycles. The Labute approximate surface area is 122 Å². The number of benzene rings is 2. The van der Waals surface area contributed by atoms with E-state index in [0.717, 1.165) is 29.0 Å². The van der Waals surface area contributed by atoms with Gasteiger partial charge in [-0.25, -0.2) is 0 Å². The first-order chi connectivity index (χ1) is 10.1. The molecule has 1 aliphatic rings. The van der Waals surface area contributed by atoms with Gasteiger partial charge in [0.25, 0.3) is 5.69 Å². The van der Waals surface area contributed by atoms with Crippen molar-refractivity contribution in [3.8, 4) is 5.75 Å². The van der Waals surface area contributed by atoms with E-state index in [2.05, 4.69) is 5.32 Å². The Hall–Kier alpha value is -2.56. The molecule has 0 fully saturated rings. The highest BCUT2D eigenvalue weighted by Gasteiger charge is 2.21. The molecule has 3 rings (SSSR count). The van der Waals surface area contributed by atoms with E-state index in [0.29, 0.717) is 6.61 Å².